The smallest absolute Gasteiger partial charge is 0.154 e. The first-order valence-corrected chi connectivity index (χ1v) is 10.6. The molecule has 0 bridgehead atoms. The summed E-state index contributed by atoms with van der Waals surface area (Å²) in [5, 5.41) is 4.84. The van der Waals surface area contributed by atoms with Gasteiger partial charge >= 0.3 is 0 Å². The van der Waals surface area contributed by atoms with Gasteiger partial charge in [-0.1, -0.05) is 30.3 Å². The van der Waals surface area contributed by atoms with E-state index in [4.69, 9.17) is 14.8 Å². The van der Waals surface area contributed by atoms with E-state index in [2.05, 4.69) is 44.9 Å². The fourth-order valence-corrected chi connectivity index (χ4v) is 4.24. The highest BCUT2D eigenvalue weighted by atomic mass is 16.5. The summed E-state index contributed by atoms with van der Waals surface area (Å²) in [5.74, 6) is 2.64. The van der Waals surface area contributed by atoms with Crippen LogP contribution in [0.4, 0.5) is 0 Å². The summed E-state index contributed by atoms with van der Waals surface area (Å²) in [6.45, 7) is 5.58. The lowest BCUT2D eigenvalue weighted by Gasteiger charge is -2.20. The molecular weight excluding hydrogens is 362 g/mol. The van der Waals surface area contributed by atoms with Gasteiger partial charge in [0.2, 0.25) is 0 Å². The molecule has 2 aliphatic heterocycles. The minimum Gasteiger partial charge on any atom is -0.381 e. The lowest BCUT2D eigenvalue weighted by molar-refractivity contribution is 0.0835. The molecule has 0 unspecified atom stereocenters. The van der Waals surface area contributed by atoms with E-state index in [-0.39, 0.29) is 0 Å². The van der Waals surface area contributed by atoms with Gasteiger partial charge < -0.3 is 4.74 Å². The van der Waals surface area contributed by atoms with Gasteiger partial charge in [0.1, 0.15) is 5.82 Å². The summed E-state index contributed by atoms with van der Waals surface area (Å²) in [6.07, 6.45) is 6.77. The van der Waals surface area contributed by atoms with Crippen molar-refractivity contribution in [3.63, 3.8) is 0 Å². The third-order valence-electron chi connectivity index (χ3n) is 5.99. The highest BCUT2D eigenvalue weighted by molar-refractivity contribution is 5.62. The van der Waals surface area contributed by atoms with E-state index in [0.717, 1.165) is 75.9 Å². The van der Waals surface area contributed by atoms with Crippen LogP contribution in [0.25, 0.3) is 11.1 Å². The first kappa shape index (κ1) is 18.5. The minimum atomic E-state index is 0.470. The van der Waals surface area contributed by atoms with E-state index >= 15 is 0 Å². The van der Waals surface area contributed by atoms with E-state index in [0.29, 0.717) is 5.92 Å². The van der Waals surface area contributed by atoms with Gasteiger partial charge in [-0.2, -0.15) is 5.10 Å². The van der Waals surface area contributed by atoms with Crippen molar-refractivity contribution in [3.05, 3.63) is 66.0 Å². The number of fused-ring (bicyclic) bond motifs is 1. The molecule has 0 saturated carbocycles. The number of nitrogens with zero attached hydrogens (tertiary/aromatic N) is 5. The SMILES string of the molecule is c1cncc(-c2ccc(CN3CCc4nc(C5CCOCC5)nn4CC3)cc2)c1. The predicted octanol–water partition coefficient (Wildman–Crippen LogP) is 3.29. The molecule has 0 N–H and O–H groups in total. The molecule has 0 atom stereocenters. The zero-order valence-corrected chi connectivity index (χ0v) is 16.7. The molecule has 0 radical (unpaired) electrons. The van der Waals surface area contributed by atoms with Crippen LogP contribution in [-0.2, 0) is 24.2 Å². The molecule has 0 amide bonds. The number of benzene rings is 1. The van der Waals surface area contributed by atoms with Gasteiger partial charge in [0.05, 0.1) is 6.54 Å². The first-order valence-electron chi connectivity index (χ1n) is 10.6. The molecule has 6 nitrogen and oxygen atoms in total. The molecule has 6 heteroatoms. The molecular formula is C23H27N5O. The van der Waals surface area contributed by atoms with Crippen LogP contribution in [0.5, 0.6) is 0 Å². The van der Waals surface area contributed by atoms with Crippen LogP contribution in [0, 0.1) is 0 Å². The zero-order chi connectivity index (χ0) is 19.5. The van der Waals surface area contributed by atoms with Gasteiger partial charge in [0.15, 0.2) is 5.82 Å². The summed E-state index contributed by atoms with van der Waals surface area (Å²) >= 11 is 0. The molecule has 0 aliphatic carbocycles. The van der Waals surface area contributed by atoms with Crippen LogP contribution in [0.3, 0.4) is 0 Å². The van der Waals surface area contributed by atoms with Crippen molar-refractivity contribution in [2.45, 2.75) is 38.3 Å². The summed E-state index contributed by atoms with van der Waals surface area (Å²) in [4.78, 5) is 11.6. The van der Waals surface area contributed by atoms with Gasteiger partial charge in [-0.3, -0.25) is 9.88 Å². The Morgan fingerprint density at radius 3 is 2.62 bits per heavy atom. The number of rotatable bonds is 4. The van der Waals surface area contributed by atoms with E-state index in [1.54, 1.807) is 0 Å². The van der Waals surface area contributed by atoms with Crippen molar-refractivity contribution in [2.24, 2.45) is 0 Å². The summed E-state index contributed by atoms with van der Waals surface area (Å²) in [6, 6.07) is 12.9. The fraction of sp³-hybridized carbons (Fsp3) is 0.435. The van der Waals surface area contributed by atoms with Gasteiger partial charge in [0, 0.05) is 57.6 Å². The second-order valence-electron chi connectivity index (χ2n) is 7.96. The maximum Gasteiger partial charge on any atom is 0.154 e. The number of hydrogen-bond donors (Lipinski definition) is 0. The summed E-state index contributed by atoms with van der Waals surface area (Å²) < 4.78 is 7.61. The molecule has 2 aliphatic rings. The number of hydrogen-bond acceptors (Lipinski definition) is 5. The third kappa shape index (κ3) is 4.23. The van der Waals surface area contributed by atoms with Gasteiger partial charge in [-0.05, 0) is 35.6 Å². The van der Waals surface area contributed by atoms with Gasteiger partial charge in [-0.15, -0.1) is 0 Å². The van der Waals surface area contributed by atoms with E-state index < -0.39 is 0 Å². The Kier molecular flexibility index (Phi) is 5.37. The molecule has 0 spiro atoms. The lowest BCUT2D eigenvalue weighted by Crippen LogP contribution is -2.26. The Hall–Kier alpha value is -2.57. The van der Waals surface area contributed by atoms with Crippen LogP contribution in [0.1, 0.15) is 36.0 Å². The molecule has 150 valence electrons. The molecule has 1 saturated heterocycles. The molecule has 1 aromatic carbocycles. The third-order valence-corrected chi connectivity index (χ3v) is 5.99. The second-order valence-corrected chi connectivity index (χ2v) is 7.96. The van der Waals surface area contributed by atoms with Crippen molar-refractivity contribution in [2.75, 3.05) is 26.3 Å². The molecule has 1 fully saturated rings. The highest BCUT2D eigenvalue weighted by Crippen LogP contribution is 2.25. The molecule has 3 aromatic rings. The Balaban J connectivity index is 1.21. The Labute approximate surface area is 171 Å². The second kappa shape index (κ2) is 8.43. The molecule has 2 aromatic heterocycles. The number of ether oxygens (including phenoxy) is 1. The normalized spacial score (nSPS) is 18.3. The van der Waals surface area contributed by atoms with Crippen LogP contribution >= 0.6 is 0 Å². The van der Waals surface area contributed by atoms with E-state index in [1.165, 1.54) is 11.1 Å². The highest BCUT2D eigenvalue weighted by Gasteiger charge is 2.23. The van der Waals surface area contributed by atoms with Crippen molar-refractivity contribution < 1.29 is 4.74 Å². The van der Waals surface area contributed by atoms with Crippen LogP contribution in [0.15, 0.2) is 48.8 Å². The number of pyridine rings is 1. The maximum absolute atomic E-state index is 5.47. The van der Waals surface area contributed by atoms with Crippen LogP contribution in [-0.4, -0.2) is 51.0 Å². The topological polar surface area (TPSA) is 56.1 Å². The standard InChI is InChI=1S/C23H27N5O/c1-2-21(16-24-10-1)19-5-3-18(4-6-19)17-27-11-7-22-25-23(26-28(22)13-12-27)20-8-14-29-15-9-20/h1-6,10,16,20H,7-9,11-15,17H2. The van der Waals surface area contributed by atoms with E-state index in [1.807, 2.05) is 18.5 Å². The first-order chi connectivity index (χ1) is 14.3. The Morgan fingerprint density at radius 1 is 0.966 bits per heavy atom. The number of aromatic nitrogens is 4. The van der Waals surface area contributed by atoms with Gasteiger partial charge in [0.25, 0.3) is 0 Å². The predicted molar refractivity (Wildman–Crippen MR) is 111 cm³/mol. The maximum atomic E-state index is 5.47. The molecule has 29 heavy (non-hydrogen) atoms. The largest absolute Gasteiger partial charge is 0.381 e. The van der Waals surface area contributed by atoms with Crippen LogP contribution in [0.2, 0.25) is 0 Å². The fourth-order valence-electron chi connectivity index (χ4n) is 4.24. The molecule has 5 rings (SSSR count). The van der Waals surface area contributed by atoms with Crippen molar-refractivity contribution >= 4 is 0 Å². The quantitative estimate of drug-likeness (QED) is 0.685. The van der Waals surface area contributed by atoms with Gasteiger partial charge in [-0.25, -0.2) is 9.67 Å². The average molecular weight is 390 g/mol. The zero-order valence-electron chi connectivity index (χ0n) is 16.7. The van der Waals surface area contributed by atoms with Crippen LogP contribution < -0.4 is 0 Å². The molecule has 4 heterocycles. The van der Waals surface area contributed by atoms with Crippen molar-refractivity contribution in [3.8, 4) is 11.1 Å². The van der Waals surface area contributed by atoms with Crippen molar-refractivity contribution in [1.82, 2.24) is 24.6 Å². The van der Waals surface area contributed by atoms with Crippen molar-refractivity contribution in [1.29, 1.82) is 0 Å². The monoisotopic (exact) mass is 389 g/mol. The average Bonchev–Trinajstić information content (AvgIpc) is 3.11. The minimum absolute atomic E-state index is 0.470. The summed E-state index contributed by atoms with van der Waals surface area (Å²) in [5.41, 5.74) is 3.71. The summed E-state index contributed by atoms with van der Waals surface area (Å²) in [7, 11) is 0. The Morgan fingerprint density at radius 2 is 1.83 bits per heavy atom. The Bertz CT molecular complexity index is 906. The van der Waals surface area contributed by atoms with E-state index in [9.17, 15) is 0 Å². The lowest BCUT2D eigenvalue weighted by atomic mass is 10.00.